The van der Waals surface area contributed by atoms with Crippen molar-refractivity contribution >= 4 is 29.4 Å². The Labute approximate surface area is 161 Å². The number of hydrogen-bond acceptors (Lipinski definition) is 3. The van der Waals surface area contributed by atoms with E-state index in [1.807, 2.05) is 30.3 Å². The Morgan fingerprint density at radius 3 is 2.33 bits per heavy atom. The molecule has 0 fully saturated rings. The van der Waals surface area contributed by atoms with Crippen LogP contribution in [0.15, 0.2) is 72.8 Å². The molecule has 0 aliphatic rings. The van der Waals surface area contributed by atoms with E-state index < -0.39 is 12.1 Å². The molecule has 5 nitrogen and oxygen atoms in total. The number of aromatic carboxylic acids is 1. The largest absolute Gasteiger partial charge is 0.478 e. The molecule has 0 unspecified atom stereocenters. The van der Waals surface area contributed by atoms with Crippen LogP contribution in [0.1, 0.15) is 15.9 Å². The van der Waals surface area contributed by atoms with E-state index in [0.29, 0.717) is 21.8 Å². The first-order valence-corrected chi connectivity index (χ1v) is 8.52. The van der Waals surface area contributed by atoms with Crippen LogP contribution in [0.3, 0.4) is 0 Å². The number of carbonyl (C=O) groups is 2. The lowest BCUT2D eigenvalue weighted by molar-refractivity contribution is 0.0697. The second-order valence-electron chi connectivity index (χ2n) is 5.76. The van der Waals surface area contributed by atoms with Crippen LogP contribution in [-0.4, -0.2) is 17.2 Å². The Bertz CT molecular complexity index is 956. The quantitative estimate of drug-likeness (QED) is 0.615. The highest BCUT2D eigenvalue weighted by Gasteiger charge is 2.12. The van der Waals surface area contributed by atoms with E-state index in [0.717, 1.165) is 5.56 Å². The van der Waals surface area contributed by atoms with Crippen LogP contribution in [0, 0.1) is 0 Å². The average molecular weight is 382 g/mol. The predicted molar refractivity (Wildman–Crippen MR) is 104 cm³/mol. The van der Waals surface area contributed by atoms with Crippen molar-refractivity contribution in [3.63, 3.8) is 0 Å². The second kappa shape index (κ2) is 8.38. The van der Waals surface area contributed by atoms with Crippen molar-refractivity contribution in [2.75, 3.05) is 5.32 Å². The molecule has 0 heterocycles. The Hall–Kier alpha value is -3.31. The number of carboxylic acid groups (broad SMARTS) is 1. The number of carboxylic acids is 1. The number of nitrogens with one attached hydrogen (secondary N) is 1. The van der Waals surface area contributed by atoms with Crippen molar-refractivity contribution in [2.45, 2.75) is 6.61 Å². The Balaban J connectivity index is 1.68. The molecule has 0 bridgehead atoms. The zero-order chi connectivity index (χ0) is 19.2. The number of ether oxygens (including phenoxy) is 1. The maximum Gasteiger partial charge on any atom is 0.411 e. The smallest absolute Gasteiger partial charge is 0.411 e. The molecule has 0 aromatic heterocycles. The van der Waals surface area contributed by atoms with Gasteiger partial charge >= 0.3 is 12.1 Å². The fraction of sp³-hybridized carbons (Fsp3) is 0.0476. The zero-order valence-corrected chi connectivity index (χ0v) is 14.9. The molecule has 0 atom stereocenters. The van der Waals surface area contributed by atoms with Crippen LogP contribution in [0.2, 0.25) is 5.02 Å². The Morgan fingerprint density at radius 2 is 1.67 bits per heavy atom. The van der Waals surface area contributed by atoms with Crippen LogP contribution >= 0.6 is 11.6 Å². The van der Waals surface area contributed by atoms with Gasteiger partial charge in [-0.25, -0.2) is 9.59 Å². The number of benzene rings is 3. The van der Waals surface area contributed by atoms with Gasteiger partial charge in [-0.05, 0) is 47.0 Å². The summed E-state index contributed by atoms with van der Waals surface area (Å²) in [5, 5.41) is 12.4. The number of hydrogen-bond donors (Lipinski definition) is 2. The van der Waals surface area contributed by atoms with Gasteiger partial charge in [0, 0.05) is 10.7 Å². The molecule has 0 aliphatic heterocycles. The molecule has 0 radical (unpaired) electrons. The Kier molecular flexibility index (Phi) is 5.74. The molecule has 136 valence electrons. The molecule has 0 aliphatic carbocycles. The van der Waals surface area contributed by atoms with Crippen LogP contribution in [0.25, 0.3) is 11.1 Å². The third kappa shape index (κ3) is 4.86. The summed E-state index contributed by atoms with van der Waals surface area (Å²) < 4.78 is 5.17. The van der Waals surface area contributed by atoms with Gasteiger partial charge in [-0.3, -0.25) is 5.32 Å². The number of carbonyl (C=O) groups excluding carboxylic acids is 1. The Morgan fingerprint density at radius 1 is 0.963 bits per heavy atom. The van der Waals surface area contributed by atoms with Crippen molar-refractivity contribution in [1.82, 2.24) is 0 Å². The third-order valence-electron chi connectivity index (χ3n) is 3.87. The SMILES string of the molecule is O=C(Nc1ccc(-c2cc(Cl)ccc2C(=O)O)cc1)OCc1ccccc1. The maximum absolute atomic E-state index is 11.9. The number of halogens is 1. The lowest BCUT2D eigenvalue weighted by Crippen LogP contribution is -2.13. The van der Waals surface area contributed by atoms with Gasteiger partial charge in [0.1, 0.15) is 6.61 Å². The van der Waals surface area contributed by atoms with E-state index >= 15 is 0 Å². The van der Waals surface area contributed by atoms with E-state index in [2.05, 4.69) is 5.32 Å². The standard InChI is InChI=1S/C21H16ClNO4/c22-16-8-11-18(20(24)25)19(12-16)15-6-9-17(10-7-15)23-21(26)27-13-14-4-2-1-3-5-14/h1-12H,13H2,(H,23,26)(H,24,25). The molecule has 0 saturated carbocycles. The molecular weight excluding hydrogens is 366 g/mol. The van der Waals surface area contributed by atoms with Crippen LogP contribution in [0.5, 0.6) is 0 Å². The van der Waals surface area contributed by atoms with Gasteiger partial charge < -0.3 is 9.84 Å². The minimum absolute atomic E-state index is 0.155. The molecule has 27 heavy (non-hydrogen) atoms. The summed E-state index contributed by atoms with van der Waals surface area (Å²) >= 11 is 5.99. The molecule has 1 amide bonds. The van der Waals surface area contributed by atoms with Crippen LogP contribution in [-0.2, 0) is 11.3 Å². The first-order chi connectivity index (χ1) is 13.0. The number of rotatable bonds is 5. The predicted octanol–water partition coefficient (Wildman–Crippen LogP) is 5.45. The fourth-order valence-electron chi connectivity index (χ4n) is 2.55. The first-order valence-electron chi connectivity index (χ1n) is 8.14. The minimum atomic E-state index is -1.03. The topological polar surface area (TPSA) is 75.6 Å². The van der Waals surface area contributed by atoms with Crippen molar-refractivity contribution in [3.8, 4) is 11.1 Å². The molecule has 0 spiro atoms. The summed E-state index contributed by atoms with van der Waals surface area (Å²) in [5.74, 6) is -1.03. The van der Waals surface area contributed by atoms with E-state index in [4.69, 9.17) is 16.3 Å². The van der Waals surface area contributed by atoms with Crippen LogP contribution in [0.4, 0.5) is 10.5 Å². The van der Waals surface area contributed by atoms with Gasteiger partial charge in [-0.2, -0.15) is 0 Å². The van der Waals surface area contributed by atoms with E-state index in [1.54, 1.807) is 30.3 Å². The van der Waals surface area contributed by atoms with Gasteiger partial charge in [-0.1, -0.05) is 54.1 Å². The van der Waals surface area contributed by atoms with Crippen molar-refractivity contribution in [3.05, 3.63) is 88.9 Å². The molecule has 6 heteroatoms. The summed E-state index contributed by atoms with van der Waals surface area (Å²) in [6.07, 6.45) is -0.569. The highest BCUT2D eigenvalue weighted by molar-refractivity contribution is 6.31. The van der Waals surface area contributed by atoms with Gasteiger partial charge in [0.15, 0.2) is 0 Å². The molecule has 3 aromatic rings. The van der Waals surface area contributed by atoms with Gasteiger partial charge in [0.05, 0.1) is 5.56 Å². The van der Waals surface area contributed by atoms with Gasteiger partial charge in [0.25, 0.3) is 0 Å². The van der Waals surface area contributed by atoms with Crippen molar-refractivity contribution in [2.24, 2.45) is 0 Å². The summed E-state index contributed by atoms with van der Waals surface area (Å²) in [4.78, 5) is 23.3. The monoisotopic (exact) mass is 381 g/mol. The van der Waals surface area contributed by atoms with Crippen molar-refractivity contribution < 1.29 is 19.4 Å². The lowest BCUT2D eigenvalue weighted by Gasteiger charge is -2.10. The first kappa shape index (κ1) is 18.5. The fourth-order valence-corrected chi connectivity index (χ4v) is 2.72. The van der Waals surface area contributed by atoms with Crippen molar-refractivity contribution in [1.29, 1.82) is 0 Å². The second-order valence-corrected chi connectivity index (χ2v) is 6.20. The molecule has 3 rings (SSSR count). The molecule has 3 aromatic carbocycles. The average Bonchev–Trinajstić information content (AvgIpc) is 2.67. The minimum Gasteiger partial charge on any atom is -0.478 e. The van der Waals surface area contributed by atoms with Gasteiger partial charge in [0.2, 0.25) is 0 Å². The third-order valence-corrected chi connectivity index (χ3v) is 4.10. The van der Waals surface area contributed by atoms with Crippen LogP contribution < -0.4 is 5.32 Å². The van der Waals surface area contributed by atoms with E-state index in [9.17, 15) is 14.7 Å². The summed E-state index contributed by atoms with van der Waals surface area (Å²) in [7, 11) is 0. The number of amides is 1. The normalized spacial score (nSPS) is 10.3. The van der Waals surface area contributed by atoms with E-state index in [-0.39, 0.29) is 12.2 Å². The summed E-state index contributed by atoms with van der Waals surface area (Å²) in [6.45, 7) is 0.176. The maximum atomic E-state index is 11.9. The highest BCUT2D eigenvalue weighted by Crippen LogP contribution is 2.28. The summed E-state index contributed by atoms with van der Waals surface area (Å²) in [6, 6.07) is 20.7. The zero-order valence-electron chi connectivity index (χ0n) is 14.2. The molecule has 2 N–H and O–H groups in total. The van der Waals surface area contributed by atoms with E-state index in [1.165, 1.54) is 12.1 Å². The lowest BCUT2D eigenvalue weighted by atomic mass is 9.99. The summed E-state index contributed by atoms with van der Waals surface area (Å²) in [5.41, 5.74) is 2.77. The molecule has 0 saturated heterocycles. The number of anilines is 1. The van der Waals surface area contributed by atoms with Gasteiger partial charge in [-0.15, -0.1) is 0 Å². The highest BCUT2D eigenvalue weighted by atomic mass is 35.5. The molecular formula is C21H16ClNO4.